The number of carbonyl (C=O) groups excluding carboxylic acids is 2. The number of rotatable bonds is 4. The molecule has 0 saturated heterocycles. The molecule has 0 rings (SSSR count). The molecule has 0 heterocycles. The first-order valence-electron chi connectivity index (χ1n) is 4.84. The van der Waals surface area contributed by atoms with Crippen molar-refractivity contribution in [1.29, 1.82) is 0 Å². The van der Waals surface area contributed by atoms with Gasteiger partial charge in [-0.25, -0.2) is 0 Å². The number of alkyl halides is 3. The van der Waals surface area contributed by atoms with E-state index in [0.29, 0.717) is 4.90 Å². The Labute approximate surface area is 91.8 Å². The van der Waals surface area contributed by atoms with Crippen LogP contribution in [0.5, 0.6) is 0 Å². The van der Waals surface area contributed by atoms with Crippen molar-refractivity contribution < 1.29 is 22.8 Å². The van der Waals surface area contributed by atoms with Gasteiger partial charge in [0.2, 0.25) is 5.91 Å². The SMILES string of the molecule is CCN(CC(=O)NC(C)C)C(=O)C(F)(F)F. The van der Waals surface area contributed by atoms with Gasteiger partial charge in [-0.1, -0.05) is 0 Å². The molecular formula is C9H15F3N2O2. The van der Waals surface area contributed by atoms with Gasteiger partial charge in [0.05, 0.1) is 6.54 Å². The Hall–Kier alpha value is -1.27. The lowest BCUT2D eigenvalue weighted by atomic mass is 10.3. The summed E-state index contributed by atoms with van der Waals surface area (Å²) in [6.45, 7) is 4.00. The number of hydrogen-bond acceptors (Lipinski definition) is 2. The maximum atomic E-state index is 12.1. The third kappa shape index (κ3) is 4.99. The van der Waals surface area contributed by atoms with E-state index in [1.54, 1.807) is 13.8 Å². The molecule has 0 unspecified atom stereocenters. The standard InChI is InChI=1S/C9H15F3N2O2/c1-4-14(8(16)9(10,11)12)5-7(15)13-6(2)3/h6H,4-5H2,1-3H3,(H,13,15). The van der Waals surface area contributed by atoms with Crippen LogP contribution in [0, 0.1) is 0 Å². The molecule has 0 fully saturated rings. The highest BCUT2D eigenvalue weighted by Crippen LogP contribution is 2.17. The molecule has 0 spiro atoms. The van der Waals surface area contributed by atoms with Crippen molar-refractivity contribution in [1.82, 2.24) is 10.2 Å². The van der Waals surface area contributed by atoms with E-state index in [1.807, 2.05) is 0 Å². The number of halogens is 3. The molecule has 2 amide bonds. The second kappa shape index (κ2) is 5.72. The Morgan fingerprint density at radius 2 is 1.81 bits per heavy atom. The fourth-order valence-corrected chi connectivity index (χ4v) is 1.05. The van der Waals surface area contributed by atoms with Gasteiger partial charge in [-0.15, -0.1) is 0 Å². The van der Waals surface area contributed by atoms with E-state index in [2.05, 4.69) is 5.32 Å². The zero-order valence-corrected chi connectivity index (χ0v) is 9.39. The highest BCUT2D eigenvalue weighted by atomic mass is 19.4. The van der Waals surface area contributed by atoms with Gasteiger partial charge in [0, 0.05) is 12.6 Å². The van der Waals surface area contributed by atoms with Crippen LogP contribution in [0.1, 0.15) is 20.8 Å². The Bertz CT molecular complexity index is 264. The Balaban J connectivity index is 4.42. The molecule has 0 atom stereocenters. The van der Waals surface area contributed by atoms with E-state index in [0.717, 1.165) is 0 Å². The Kier molecular flexibility index (Phi) is 5.26. The second-order valence-electron chi connectivity index (χ2n) is 3.54. The van der Waals surface area contributed by atoms with Crippen LogP contribution in [-0.4, -0.2) is 42.0 Å². The molecule has 16 heavy (non-hydrogen) atoms. The first kappa shape index (κ1) is 14.7. The number of nitrogens with zero attached hydrogens (tertiary/aromatic N) is 1. The molecular weight excluding hydrogens is 225 g/mol. The molecule has 0 bridgehead atoms. The molecule has 0 aliphatic carbocycles. The summed E-state index contributed by atoms with van der Waals surface area (Å²) in [5.74, 6) is -2.59. The summed E-state index contributed by atoms with van der Waals surface area (Å²) in [6, 6.07) is -0.174. The van der Waals surface area contributed by atoms with Crippen LogP contribution in [0.25, 0.3) is 0 Å². The minimum atomic E-state index is -4.94. The van der Waals surface area contributed by atoms with E-state index in [1.165, 1.54) is 6.92 Å². The van der Waals surface area contributed by atoms with Gasteiger partial charge in [0.25, 0.3) is 0 Å². The van der Waals surface area contributed by atoms with Crippen LogP contribution in [-0.2, 0) is 9.59 Å². The lowest BCUT2D eigenvalue weighted by molar-refractivity contribution is -0.185. The maximum Gasteiger partial charge on any atom is 0.471 e. The van der Waals surface area contributed by atoms with Gasteiger partial charge in [-0.2, -0.15) is 13.2 Å². The first-order chi connectivity index (χ1) is 7.18. The van der Waals surface area contributed by atoms with Gasteiger partial charge < -0.3 is 10.2 Å². The van der Waals surface area contributed by atoms with Crippen molar-refractivity contribution in [2.45, 2.75) is 33.0 Å². The Morgan fingerprint density at radius 1 is 1.31 bits per heavy atom. The third-order valence-corrected chi connectivity index (χ3v) is 1.70. The van der Waals surface area contributed by atoms with Crippen LogP contribution >= 0.6 is 0 Å². The van der Waals surface area contributed by atoms with Crippen molar-refractivity contribution in [2.24, 2.45) is 0 Å². The Morgan fingerprint density at radius 3 is 2.12 bits per heavy atom. The minimum absolute atomic E-state index is 0.163. The highest BCUT2D eigenvalue weighted by Gasteiger charge is 2.42. The van der Waals surface area contributed by atoms with E-state index < -0.39 is 24.5 Å². The van der Waals surface area contributed by atoms with Crippen LogP contribution in [0.4, 0.5) is 13.2 Å². The largest absolute Gasteiger partial charge is 0.471 e. The molecule has 0 radical (unpaired) electrons. The van der Waals surface area contributed by atoms with Gasteiger partial charge in [0.15, 0.2) is 0 Å². The molecule has 0 aromatic carbocycles. The second-order valence-corrected chi connectivity index (χ2v) is 3.54. The molecule has 4 nitrogen and oxygen atoms in total. The zero-order chi connectivity index (χ0) is 12.9. The number of nitrogens with one attached hydrogen (secondary N) is 1. The van der Waals surface area contributed by atoms with Crippen molar-refractivity contribution >= 4 is 11.8 Å². The summed E-state index contributed by atoms with van der Waals surface area (Å²) in [5, 5.41) is 2.41. The van der Waals surface area contributed by atoms with Gasteiger partial charge in [-0.05, 0) is 20.8 Å². The third-order valence-electron chi connectivity index (χ3n) is 1.70. The van der Waals surface area contributed by atoms with E-state index >= 15 is 0 Å². The number of carbonyl (C=O) groups is 2. The summed E-state index contributed by atoms with van der Waals surface area (Å²) in [7, 11) is 0. The van der Waals surface area contributed by atoms with Gasteiger partial charge in [-0.3, -0.25) is 9.59 Å². The average Bonchev–Trinajstić information content (AvgIpc) is 2.10. The summed E-state index contributed by atoms with van der Waals surface area (Å²) in [4.78, 5) is 22.5. The molecule has 0 aliphatic heterocycles. The monoisotopic (exact) mass is 240 g/mol. The lowest BCUT2D eigenvalue weighted by Gasteiger charge is -2.21. The van der Waals surface area contributed by atoms with Crippen molar-refractivity contribution in [3.63, 3.8) is 0 Å². The summed E-state index contributed by atoms with van der Waals surface area (Å²) in [6.07, 6.45) is -4.94. The highest BCUT2D eigenvalue weighted by molar-refractivity contribution is 5.87. The van der Waals surface area contributed by atoms with Crippen LogP contribution in [0.15, 0.2) is 0 Å². The number of hydrogen-bond donors (Lipinski definition) is 1. The van der Waals surface area contributed by atoms with Crippen LogP contribution in [0.2, 0.25) is 0 Å². The minimum Gasteiger partial charge on any atom is -0.352 e. The average molecular weight is 240 g/mol. The molecule has 0 aliphatic rings. The van der Waals surface area contributed by atoms with Crippen molar-refractivity contribution in [3.8, 4) is 0 Å². The summed E-state index contributed by atoms with van der Waals surface area (Å²) >= 11 is 0. The molecule has 0 aromatic rings. The van der Waals surface area contributed by atoms with Crippen molar-refractivity contribution in [2.75, 3.05) is 13.1 Å². The topological polar surface area (TPSA) is 49.4 Å². The molecule has 1 N–H and O–H groups in total. The van der Waals surface area contributed by atoms with Gasteiger partial charge in [0.1, 0.15) is 0 Å². The zero-order valence-electron chi connectivity index (χ0n) is 9.39. The van der Waals surface area contributed by atoms with Gasteiger partial charge >= 0.3 is 12.1 Å². The molecule has 94 valence electrons. The predicted molar refractivity (Wildman–Crippen MR) is 51.6 cm³/mol. The molecule has 0 aromatic heterocycles. The quantitative estimate of drug-likeness (QED) is 0.794. The summed E-state index contributed by atoms with van der Waals surface area (Å²) < 4.78 is 36.2. The number of amides is 2. The fourth-order valence-electron chi connectivity index (χ4n) is 1.05. The molecule has 0 saturated carbocycles. The van der Waals surface area contributed by atoms with Crippen LogP contribution in [0.3, 0.4) is 0 Å². The smallest absolute Gasteiger partial charge is 0.352 e. The first-order valence-corrected chi connectivity index (χ1v) is 4.84. The maximum absolute atomic E-state index is 12.1. The molecule has 7 heteroatoms. The van der Waals surface area contributed by atoms with E-state index in [9.17, 15) is 22.8 Å². The normalized spacial score (nSPS) is 11.4. The van der Waals surface area contributed by atoms with Crippen molar-refractivity contribution in [3.05, 3.63) is 0 Å². The van der Waals surface area contributed by atoms with Crippen LogP contribution < -0.4 is 5.32 Å². The number of likely N-dealkylation sites (N-methyl/N-ethyl adjacent to an activating group) is 1. The summed E-state index contributed by atoms with van der Waals surface area (Å²) in [5.41, 5.74) is 0. The lowest BCUT2D eigenvalue weighted by Crippen LogP contribution is -2.47. The fraction of sp³-hybridized carbons (Fsp3) is 0.778. The predicted octanol–water partition coefficient (Wildman–Crippen LogP) is 0.922. The van der Waals surface area contributed by atoms with E-state index in [4.69, 9.17) is 0 Å². The van der Waals surface area contributed by atoms with E-state index in [-0.39, 0.29) is 12.6 Å².